The second-order valence-corrected chi connectivity index (χ2v) is 6.91. The van der Waals surface area contributed by atoms with Gasteiger partial charge in [0.05, 0.1) is 5.75 Å². The van der Waals surface area contributed by atoms with Crippen LogP contribution >= 0.6 is 21.6 Å². The van der Waals surface area contributed by atoms with Crippen LogP contribution in [-0.4, -0.2) is 30.2 Å². The van der Waals surface area contributed by atoms with Crippen molar-refractivity contribution in [1.82, 2.24) is 0 Å². The van der Waals surface area contributed by atoms with Crippen molar-refractivity contribution in [2.45, 2.75) is 26.2 Å². The lowest BCUT2D eigenvalue weighted by Gasteiger charge is -1.98. The van der Waals surface area contributed by atoms with Gasteiger partial charge in [0.25, 0.3) is 10.1 Å². The highest BCUT2D eigenvalue weighted by Gasteiger charge is 2.02. The van der Waals surface area contributed by atoms with Gasteiger partial charge >= 0.3 is 0 Å². The second kappa shape index (κ2) is 7.96. The van der Waals surface area contributed by atoms with Crippen LogP contribution in [0.3, 0.4) is 0 Å². The molecule has 0 unspecified atom stereocenters. The van der Waals surface area contributed by atoms with E-state index in [0.29, 0.717) is 6.42 Å². The molecule has 0 aliphatic rings. The van der Waals surface area contributed by atoms with Crippen LogP contribution in [0.5, 0.6) is 0 Å². The van der Waals surface area contributed by atoms with E-state index >= 15 is 0 Å². The molecule has 0 aromatic carbocycles. The lowest BCUT2D eigenvalue weighted by molar-refractivity contribution is 0.481. The lowest BCUT2D eigenvalue weighted by Crippen LogP contribution is -2.03. The largest absolute Gasteiger partial charge is 0.286 e. The van der Waals surface area contributed by atoms with Crippen molar-refractivity contribution in [2.24, 2.45) is 0 Å². The minimum absolute atomic E-state index is 0.105. The van der Waals surface area contributed by atoms with Gasteiger partial charge < -0.3 is 0 Å². The highest BCUT2D eigenvalue weighted by Crippen LogP contribution is 2.22. The molecule has 80 valence electrons. The van der Waals surface area contributed by atoms with Crippen molar-refractivity contribution in [3.8, 4) is 0 Å². The van der Waals surface area contributed by atoms with Gasteiger partial charge in [0, 0.05) is 11.5 Å². The Morgan fingerprint density at radius 3 is 2.31 bits per heavy atom. The molecule has 0 saturated carbocycles. The van der Waals surface area contributed by atoms with Gasteiger partial charge in [0.15, 0.2) is 0 Å². The Morgan fingerprint density at radius 2 is 1.77 bits per heavy atom. The molecule has 0 rings (SSSR count). The summed E-state index contributed by atoms with van der Waals surface area (Å²) in [5.74, 6) is 2.00. The fraction of sp³-hybridized carbons (Fsp3) is 1.00. The van der Waals surface area contributed by atoms with E-state index in [1.807, 2.05) is 10.8 Å². The highest BCUT2D eigenvalue weighted by molar-refractivity contribution is 8.76. The van der Waals surface area contributed by atoms with Crippen molar-refractivity contribution in [3.05, 3.63) is 0 Å². The van der Waals surface area contributed by atoms with E-state index in [9.17, 15) is 8.42 Å². The van der Waals surface area contributed by atoms with E-state index in [1.54, 1.807) is 10.8 Å². The van der Waals surface area contributed by atoms with Gasteiger partial charge in [-0.3, -0.25) is 4.55 Å². The quantitative estimate of drug-likeness (QED) is 0.404. The molecule has 0 atom stereocenters. The van der Waals surface area contributed by atoms with Crippen molar-refractivity contribution in [1.29, 1.82) is 0 Å². The molecular formula is C7H16O3S3. The third kappa shape index (κ3) is 12.6. The van der Waals surface area contributed by atoms with Crippen molar-refractivity contribution < 1.29 is 13.0 Å². The zero-order valence-electron chi connectivity index (χ0n) is 7.73. The summed E-state index contributed by atoms with van der Waals surface area (Å²) in [5.41, 5.74) is 0. The molecule has 0 aromatic rings. The minimum Gasteiger partial charge on any atom is -0.286 e. The summed E-state index contributed by atoms with van der Waals surface area (Å²) in [7, 11) is -0.153. The highest BCUT2D eigenvalue weighted by atomic mass is 33.1. The maximum absolute atomic E-state index is 10.3. The number of rotatable bonds is 8. The molecular weight excluding hydrogens is 228 g/mol. The normalized spacial score (nSPS) is 11.8. The fourth-order valence-corrected chi connectivity index (χ4v) is 3.50. The van der Waals surface area contributed by atoms with E-state index in [0.717, 1.165) is 17.9 Å². The Kier molecular flexibility index (Phi) is 8.34. The van der Waals surface area contributed by atoms with Crippen LogP contribution in [0.15, 0.2) is 0 Å². The first-order valence-corrected chi connectivity index (χ1v) is 8.35. The maximum Gasteiger partial charge on any atom is 0.264 e. The number of hydrogen-bond acceptors (Lipinski definition) is 4. The van der Waals surface area contributed by atoms with E-state index in [-0.39, 0.29) is 5.75 Å². The maximum atomic E-state index is 10.3. The molecule has 0 bridgehead atoms. The smallest absolute Gasteiger partial charge is 0.264 e. The van der Waals surface area contributed by atoms with E-state index in [4.69, 9.17) is 4.55 Å². The Balaban J connectivity index is 3.09. The van der Waals surface area contributed by atoms with E-state index in [1.165, 1.54) is 6.42 Å². The van der Waals surface area contributed by atoms with Crippen molar-refractivity contribution in [3.63, 3.8) is 0 Å². The monoisotopic (exact) mass is 244 g/mol. The zero-order valence-corrected chi connectivity index (χ0v) is 10.2. The number of hydrogen-bond donors (Lipinski definition) is 1. The second-order valence-electron chi connectivity index (χ2n) is 2.64. The van der Waals surface area contributed by atoms with Crippen LogP contribution in [-0.2, 0) is 10.1 Å². The van der Waals surface area contributed by atoms with Crippen LogP contribution in [0, 0.1) is 0 Å². The zero-order chi connectivity index (χ0) is 10.2. The Bertz CT molecular complexity index is 201. The molecule has 3 nitrogen and oxygen atoms in total. The first kappa shape index (κ1) is 13.6. The van der Waals surface area contributed by atoms with Gasteiger partial charge in [-0.2, -0.15) is 8.42 Å². The number of unbranched alkanes of at least 4 members (excludes halogenated alkanes) is 1. The molecule has 13 heavy (non-hydrogen) atoms. The Labute approximate surface area is 88.2 Å². The van der Waals surface area contributed by atoms with Crippen LogP contribution < -0.4 is 0 Å². The third-order valence-electron chi connectivity index (χ3n) is 1.25. The standard InChI is InChI=1S/C7H16O3S3/c1-2-5-11-12-6-3-4-7-13(8,9)10/h2-7H2,1H3,(H,8,9,10). The average molecular weight is 244 g/mol. The first-order chi connectivity index (χ1) is 6.06. The molecule has 0 heterocycles. The molecule has 0 spiro atoms. The molecule has 0 fully saturated rings. The molecule has 1 N–H and O–H groups in total. The van der Waals surface area contributed by atoms with E-state index < -0.39 is 10.1 Å². The summed E-state index contributed by atoms with van der Waals surface area (Å²) in [6.07, 6.45) is 2.57. The Morgan fingerprint density at radius 1 is 1.15 bits per heavy atom. The molecule has 0 aromatic heterocycles. The summed E-state index contributed by atoms with van der Waals surface area (Å²) in [6, 6.07) is 0. The summed E-state index contributed by atoms with van der Waals surface area (Å²) >= 11 is 0. The van der Waals surface area contributed by atoms with Crippen LogP contribution in [0.25, 0.3) is 0 Å². The predicted octanol–water partition coefficient (Wildman–Crippen LogP) is 2.45. The summed E-state index contributed by atoms with van der Waals surface area (Å²) in [5, 5.41) is 0. The average Bonchev–Trinajstić information content (AvgIpc) is 2.01. The lowest BCUT2D eigenvalue weighted by atomic mass is 10.4. The van der Waals surface area contributed by atoms with Crippen molar-refractivity contribution >= 4 is 31.7 Å². The van der Waals surface area contributed by atoms with Gasteiger partial charge in [-0.15, -0.1) is 0 Å². The third-order valence-corrected chi connectivity index (χ3v) is 4.75. The topological polar surface area (TPSA) is 54.4 Å². The van der Waals surface area contributed by atoms with Crippen LogP contribution in [0.4, 0.5) is 0 Å². The fourth-order valence-electron chi connectivity index (χ4n) is 0.647. The molecule has 0 aliphatic carbocycles. The van der Waals surface area contributed by atoms with Gasteiger partial charge in [0.1, 0.15) is 0 Å². The predicted molar refractivity (Wildman–Crippen MR) is 60.9 cm³/mol. The van der Waals surface area contributed by atoms with Gasteiger partial charge in [-0.25, -0.2) is 0 Å². The van der Waals surface area contributed by atoms with E-state index in [2.05, 4.69) is 6.92 Å². The van der Waals surface area contributed by atoms with Gasteiger partial charge in [0.2, 0.25) is 0 Å². The summed E-state index contributed by atoms with van der Waals surface area (Å²) in [6.45, 7) is 2.13. The van der Waals surface area contributed by atoms with Gasteiger partial charge in [-0.05, 0) is 19.3 Å². The molecule has 0 amide bonds. The Hall–Kier alpha value is 0.610. The van der Waals surface area contributed by atoms with Crippen LogP contribution in [0.2, 0.25) is 0 Å². The van der Waals surface area contributed by atoms with Crippen LogP contribution in [0.1, 0.15) is 26.2 Å². The molecule has 0 aliphatic heterocycles. The minimum atomic E-state index is -3.74. The SMILES string of the molecule is CCCSSCCCCS(=O)(=O)O. The first-order valence-electron chi connectivity index (χ1n) is 4.26. The summed E-state index contributed by atoms with van der Waals surface area (Å²) in [4.78, 5) is 0. The molecule has 6 heteroatoms. The molecule has 0 saturated heterocycles. The summed E-state index contributed by atoms with van der Waals surface area (Å²) < 4.78 is 29.0. The van der Waals surface area contributed by atoms with Gasteiger partial charge in [-0.1, -0.05) is 28.5 Å². The molecule has 0 radical (unpaired) electrons. The van der Waals surface area contributed by atoms with Crippen molar-refractivity contribution in [2.75, 3.05) is 17.3 Å².